The first-order valence-electron chi connectivity index (χ1n) is 8.44. The van der Waals surface area contributed by atoms with Crippen molar-refractivity contribution in [3.63, 3.8) is 0 Å². The van der Waals surface area contributed by atoms with E-state index in [2.05, 4.69) is 42.1 Å². The second kappa shape index (κ2) is 6.14. The first-order valence-corrected chi connectivity index (χ1v) is 8.82. The number of ether oxygens (including phenoxy) is 1. The molecule has 1 saturated carbocycles. The molecule has 0 saturated heterocycles. The molecular formula is C20H21ClN2O. The van der Waals surface area contributed by atoms with Crippen molar-refractivity contribution in [1.29, 1.82) is 0 Å². The number of anilines is 1. The van der Waals surface area contributed by atoms with Gasteiger partial charge < -0.3 is 9.64 Å². The van der Waals surface area contributed by atoms with Crippen LogP contribution in [0, 0.1) is 5.92 Å². The van der Waals surface area contributed by atoms with E-state index in [-0.39, 0.29) is 0 Å². The van der Waals surface area contributed by atoms with Crippen LogP contribution in [0.4, 0.5) is 5.82 Å². The van der Waals surface area contributed by atoms with Crippen LogP contribution in [-0.2, 0) is 6.61 Å². The summed E-state index contributed by atoms with van der Waals surface area (Å²) in [6, 6.07) is 10.1. The lowest BCUT2D eigenvalue weighted by Gasteiger charge is -2.17. The van der Waals surface area contributed by atoms with E-state index in [0.29, 0.717) is 17.5 Å². The Kier molecular flexibility index (Phi) is 3.97. The van der Waals surface area contributed by atoms with E-state index < -0.39 is 0 Å². The maximum atomic E-state index is 6.34. The van der Waals surface area contributed by atoms with Gasteiger partial charge in [0.2, 0.25) is 0 Å². The van der Waals surface area contributed by atoms with Crippen LogP contribution in [0.2, 0.25) is 5.02 Å². The van der Waals surface area contributed by atoms with Gasteiger partial charge in [-0.05, 0) is 53.3 Å². The van der Waals surface area contributed by atoms with Crippen molar-refractivity contribution in [2.45, 2.75) is 32.8 Å². The van der Waals surface area contributed by atoms with Crippen LogP contribution in [0.15, 0.2) is 48.3 Å². The third-order valence-corrected chi connectivity index (χ3v) is 5.00. The van der Waals surface area contributed by atoms with Crippen LogP contribution in [0.5, 0.6) is 5.75 Å². The molecule has 4 heteroatoms. The topological polar surface area (TPSA) is 25.4 Å². The third kappa shape index (κ3) is 3.13. The molecule has 1 unspecified atom stereocenters. The molecule has 24 heavy (non-hydrogen) atoms. The average molecular weight is 341 g/mol. The number of halogens is 1. The summed E-state index contributed by atoms with van der Waals surface area (Å²) < 4.78 is 5.91. The summed E-state index contributed by atoms with van der Waals surface area (Å²) in [6.45, 7) is 5.86. The lowest BCUT2D eigenvalue weighted by Crippen LogP contribution is -2.17. The molecule has 4 rings (SSSR count). The van der Waals surface area contributed by atoms with Crippen LogP contribution in [0.1, 0.15) is 37.3 Å². The summed E-state index contributed by atoms with van der Waals surface area (Å²) in [5.41, 5.74) is 3.87. The maximum Gasteiger partial charge on any atom is 0.138 e. The summed E-state index contributed by atoms with van der Waals surface area (Å²) in [4.78, 5) is 6.71. The number of hydrogen-bond acceptors (Lipinski definition) is 3. The quantitative estimate of drug-likeness (QED) is 0.751. The standard InChI is InChI=1S/C20H21ClN2O/c1-13(2)15-3-4-19(18(21)9-15)24-12-14-5-6-22-20(7-14)23-10-16-8-17(16)11-23/h3-7,9-10,13,17H,8,11-12H2,1-2H3. The van der Waals surface area contributed by atoms with Gasteiger partial charge in [0.1, 0.15) is 18.2 Å². The van der Waals surface area contributed by atoms with E-state index in [9.17, 15) is 0 Å². The lowest BCUT2D eigenvalue weighted by molar-refractivity contribution is 0.306. The van der Waals surface area contributed by atoms with Crippen LogP contribution >= 0.6 is 11.6 Å². The van der Waals surface area contributed by atoms with E-state index in [1.807, 2.05) is 24.4 Å². The van der Waals surface area contributed by atoms with E-state index in [1.165, 1.54) is 12.0 Å². The van der Waals surface area contributed by atoms with Gasteiger partial charge in [-0.2, -0.15) is 0 Å². The highest BCUT2D eigenvalue weighted by Gasteiger charge is 2.37. The van der Waals surface area contributed by atoms with Crippen molar-refractivity contribution >= 4 is 17.4 Å². The van der Waals surface area contributed by atoms with Gasteiger partial charge in [0.25, 0.3) is 0 Å². The summed E-state index contributed by atoms with van der Waals surface area (Å²) >= 11 is 6.34. The zero-order valence-corrected chi connectivity index (χ0v) is 14.8. The smallest absolute Gasteiger partial charge is 0.138 e. The Balaban J connectivity index is 1.44. The summed E-state index contributed by atoms with van der Waals surface area (Å²) in [6.07, 6.45) is 5.35. The highest BCUT2D eigenvalue weighted by atomic mass is 35.5. The normalized spacial score (nSPS) is 18.6. The molecule has 0 amide bonds. The maximum absolute atomic E-state index is 6.34. The van der Waals surface area contributed by atoms with Gasteiger partial charge >= 0.3 is 0 Å². The Hall–Kier alpha value is -2.00. The lowest BCUT2D eigenvalue weighted by atomic mass is 10.0. The number of hydrogen-bond donors (Lipinski definition) is 0. The first-order chi connectivity index (χ1) is 11.6. The fourth-order valence-corrected chi connectivity index (χ4v) is 3.32. The van der Waals surface area contributed by atoms with Gasteiger partial charge in [0, 0.05) is 24.9 Å². The Bertz CT molecular complexity index is 800. The van der Waals surface area contributed by atoms with Gasteiger partial charge in [-0.15, -0.1) is 0 Å². The number of aromatic nitrogens is 1. The molecule has 2 heterocycles. The SMILES string of the molecule is CC(C)c1ccc(OCc2ccnc(N3C=C4CC4C3)c2)c(Cl)c1. The third-order valence-electron chi connectivity index (χ3n) is 4.71. The van der Waals surface area contributed by atoms with Crippen LogP contribution < -0.4 is 9.64 Å². The molecule has 1 aliphatic heterocycles. The molecule has 3 nitrogen and oxygen atoms in total. The second-order valence-corrected chi connectivity index (χ2v) is 7.32. The van der Waals surface area contributed by atoms with Gasteiger partial charge in [-0.3, -0.25) is 0 Å². The van der Waals surface area contributed by atoms with Gasteiger partial charge in [-0.1, -0.05) is 31.5 Å². The molecule has 2 aromatic rings. The highest BCUT2D eigenvalue weighted by Crippen LogP contribution is 2.44. The van der Waals surface area contributed by atoms with E-state index in [0.717, 1.165) is 29.6 Å². The number of pyridine rings is 1. The Morgan fingerprint density at radius 2 is 2.17 bits per heavy atom. The van der Waals surface area contributed by atoms with Crippen LogP contribution in [0.25, 0.3) is 0 Å². The van der Waals surface area contributed by atoms with Crippen LogP contribution in [-0.4, -0.2) is 11.5 Å². The predicted octanol–water partition coefficient (Wildman–Crippen LogP) is 5.16. The van der Waals surface area contributed by atoms with Crippen molar-refractivity contribution in [3.8, 4) is 5.75 Å². The molecule has 1 fully saturated rings. The zero-order valence-electron chi connectivity index (χ0n) is 14.0. The number of fused-ring (bicyclic) bond motifs is 1. The Morgan fingerprint density at radius 1 is 1.29 bits per heavy atom. The summed E-state index contributed by atoms with van der Waals surface area (Å²) in [7, 11) is 0. The Morgan fingerprint density at radius 3 is 2.88 bits per heavy atom. The minimum Gasteiger partial charge on any atom is -0.487 e. The molecule has 0 spiro atoms. The largest absolute Gasteiger partial charge is 0.487 e. The average Bonchev–Trinajstić information content (AvgIpc) is 3.19. The Labute approximate surface area is 147 Å². The minimum absolute atomic E-state index is 0.458. The number of rotatable bonds is 5. The zero-order chi connectivity index (χ0) is 16.7. The van der Waals surface area contributed by atoms with E-state index >= 15 is 0 Å². The molecular weight excluding hydrogens is 320 g/mol. The van der Waals surface area contributed by atoms with Crippen LogP contribution in [0.3, 0.4) is 0 Å². The molecule has 1 atom stereocenters. The molecule has 124 valence electrons. The monoisotopic (exact) mass is 340 g/mol. The first kappa shape index (κ1) is 15.5. The molecule has 1 aromatic heterocycles. The van der Waals surface area contributed by atoms with Crippen molar-refractivity contribution in [3.05, 3.63) is 64.5 Å². The van der Waals surface area contributed by atoms with Crippen molar-refractivity contribution in [2.24, 2.45) is 5.92 Å². The molecule has 2 aliphatic rings. The number of benzene rings is 1. The second-order valence-electron chi connectivity index (χ2n) is 6.91. The summed E-state index contributed by atoms with van der Waals surface area (Å²) in [5.74, 6) is 2.95. The van der Waals surface area contributed by atoms with Crippen molar-refractivity contribution in [1.82, 2.24) is 4.98 Å². The fourth-order valence-electron chi connectivity index (χ4n) is 3.08. The molecule has 0 radical (unpaired) electrons. The van der Waals surface area contributed by atoms with Crippen molar-refractivity contribution in [2.75, 3.05) is 11.4 Å². The molecule has 0 bridgehead atoms. The minimum atomic E-state index is 0.458. The predicted molar refractivity (Wildman–Crippen MR) is 97.6 cm³/mol. The van der Waals surface area contributed by atoms with Gasteiger partial charge in [0.15, 0.2) is 0 Å². The number of nitrogens with zero attached hydrogens (tertiary/aromatic N) is 2. The fraction of sp³-hybridized carbons (Fsp3) is 0.350. The highest BCUT2D eigenvalue weighted by molar-refractivity contribution is 6.32. The molecule has 0 N–H and O–H groups in total. The van der Waals surface area contributed by atoms with E-state index in [4.69, 9.17) is 16.3 Å². The molecule has 1 aliphatic carbocycles. The van der Waals surface area contributed by atoms with Gasteiger partial charge in [0.05, 0.1) is 5.02 Å². The van der Waals surface area contributed by atoms with E-state index in [1.54, 1.807) is 5.57 Å². The molecule has 1 aromatic carbocycles. The summed E-state index contributed by atoms with van der Waals surface area (Å²) in [5, 5.41) is 0.667. The van der Waals surface area contributed by atoms with Gasteiger partial charge in [-0.25, -0.2) is 4.98 Å². The van der Waals surface area contributed by atoms with Crippen molar-refractivity contribution < 1.29 is 4.74 Å².